The van der Waals surface area contributed by atoms with Gasteiger partial charge in [-0.05, 0) is 18.3 Å². The van der Waals surface area contributed by atoms with Gasteiger partial charge < -0.3 is 6.15 Å². The van der Waals surface area contributed by atoms with Crippen molar-refractivity contribution in [3.05, 3.63) is 0 Å². The minimum Gasteiger partial charge on any atom is -0.344 e. The third kappa shape index (κ3) is 1.64. The summed E-state index contributed by atoms with van der Waals surface area (Å²) in [5.41, 5.74) is 0.577. The van der Waals surface area contributed by atoms with Crippen LogP contribution in [0.2, 0.25) is 0 Å². The second-order valence-electron chi connectivity index (χ2n) is 3.93. The van der Waals surface area contributed by atoms with Crippen LogP contribution in [-0.2, 0) is 0 Å². The molecule has 0 spiro atoms. The Kier molecular flexibility index (Phi) is 3.18. The van der Waals surface area contributed by atoms with Gasteiger partial charge in [0.2, 0.25) is 0 Å². The van der Waals surface area contributed by atoms with E-state index in [-0.39, 0.29) is 6.15 Å². The molecule has 0 amide bonds. The summed E-state index contributed by atoms with van der Waals surface area (Å²) in [6.45, 7) is 7.14. The second-order valence-corrected chi connectivity index (χ2v) is 6.32. The molecule has 3 N–H and O–H groups in total. The van der Waals surface area contributed by atoms with Crippen molar-refractivity contribution in [2.75, 3.05) is 0 Å². The summed E-state index contributed by atoms with van der Waals surface area (Å²) < 4.78 is 0.560. The number of hydrogen-bond donors (Lipinski definition) is 1. The maximum Gasteiger partial charge on any atom is 0.0245 e. The van der Waals surface area contributed by atoms with Crippen molar-refractivity contribution >= 4 is 22.6 Å². The van der Waals surface area contributed by atoms with E-state index in [9.17, 15) is 0 Å². The molecule has 0 aromatic carbocycles. The Bertz CT molecular complexity index is 104. The van der Waals surface area contributed by atoms with E-state index in [4.69, 9.17) is 0 Å². The van der Waals surface area contributed by atoms with E-state index in [1.165, 1.54) is 19.3 Å². The molecule has 0 aromatic heterocycles. The van der Waals surface area contributed by atoms with Gasteiger partial charge in [-0.15, -0.1) is 0 Å². The molecule has 62 valence electrons. The first-order valence-corrected chi connectivity index (χ1v) is 4.72. The predicted octanol–water partition coefficient (Wildman–Crippen LogP) is 3.55. The SMILES string of the molecule is CC1(C)CCCC1(C)I.N. The zero-order valence-electron chi connectivity index (χ0n) is 7.21. The standard InChI is InChI=1S/C8H15I.H3N/c1-7(2)5-4-6-8(7,3)9;/h4-6H2,1-3H3;1H3. The summed E-state index contributed by atoms with van der Waals surface area (Å²) in [4.78, 5) is 0. The van der Waals surface area contributed by atoms with Crippen molar-refractivity contribution in [2.45, 2.75) is 43.5 Å². The third-order valence-corrected chi connectivity index (χ3v) is 4.86. The Labute approximate surface area is 77.7 Å². The van der Waals surface area contributed by atoms with Crippen LogP contribution in [0.1, 0.15) is 40.0 Å². The van der Waals surface area contributed by atoms with E-state index in [0.29, 0.717) is 8.84 Å². The van der Waals surface area contributed by atoms with Gasteiger partial charge in [0, 0.05) is 3.42 Å². The smallest absolute Gasteiger partial charge is 0.0245 e. The lowest BCUT2D eigenvalue weighted by Crippen LogP contribution is -2.29. The molecule has 0 aliphatic heterocycles. The largest absolute Gasteiger partial charge is 0.344 e. The maximum atomic E-state index is 2.61. The van der Waals surface area contributed by atoms with Gasteiger partial charge >= 0.3 is 0 Å². The molecule has 0 aromatic rings. The van der Waals surface area contributed by atoms with Gasteiger partial charge in [0.05, 0.1) is 0 Å². The Hall–Kier alpha value is 0.690. The van der Waals surface area contributed by atoms with E-state index in [0.717, 1.165) is 0 Å². The lowest BCUT2D eigenvalue weighted by Gasteiger charge is -2.32. The topological polar surface area (TPSA) is 35.0 Å². The molecule has 1 atom stereocenters. The molecule has 0 radical (unpaired) electrons. The highest BCUT2D eigenvalue weighted by atomic mass is 127. The van der Waals surface area contributed by atoms with Gasteiger partial charge in [-0.3, -0.25) is 0 Å². The summed E-state index contributed by atoms with van der Waals surface area (Å²) >= 11 is 2.61. The molecule has 0 saturated heterocycles. The minimum absolute atomic E-state index is 0. The van der Waals surface area contributed by atoms with Crippen LogP contribution in [0.4, 0.5) is 0 Å². The summed E-state index contributed by atoms with van der Waals surface area (Å²) in [6, 6.07) is 0. The average Bonchev–Trinajstić information content (AvgIpc) is 1.81. The molecule has 1 rings (SSSR count). The molecule has 1 unspecified atom stereocenters. The first-order chi connectivity index (χ1) is 3.96. The summed E-state index contributed by atoms with van der Waals surface area (Å²) in [7, 11) is 0. The average molecular weight is 255 g/mol. The number of rotatable bonds is 0. The highest BCUT2D eigenvalue weighted by molar-refractivity contribution is 14.1. The van der Waals surface area contributed by atoms with Crippen LogP contribution in [-0.4, -0.2) is 3.42 Å². The zero-order chi connectivity index (χ0) is 7.12. The molecule has 0 heterocycles. The first-order valence-electron chi connectivity index (χ1n) is 3.65. The van der Waals surface area contributed by atoms with Gasteiger partial charge in [0.15, 0.2) is 0 Å². The van der Waals surface area contributed by atoms with Crippen LogP contribution < -0.4 is 6.15 Å². The fourth-order valence-electron chi connectivity index (χ4n) is 1.46. The van der Waals surface area contributed by atoms with Crippen LogP contribution >= 0.6 is 22.6 Å². The van der Waals surface area contributed by atoms with Crippen LogP contribution in [0.25, 0.3) is 0 Å². The van der Waals surface area contributed by atoms with E-state index >= 15 is 0 Å². The van der Waals surface area contributed by atoms with Crippen molar-refractivity contribution in [3.63, 3.8) is 0 Å². The van der Waals surface area contributed by atoms with Crippen LogP contribution in [0.15, 0.2) is 0 Å². The van der Waals surface area contributed by atoms with Gasteiger partial charge in [-0.2, -0.15) is 0 Å². The fourth-order valence-corrected chi connectivity index (χ4v) is 2.11. The van der Waals surface area contributed by atoms with Gasteiger partial charge in [-0.25, -0.2) is 0 Å². The third-order valence-electron chi connectivity index (χ3n) is 2.86. The lowest BCUT2D eigenvalue weighted by molar-refractivity contribution is 0.329. The Morgan fingerprint density at radius 2 is 1.60 bits per heavy atom. The van der Waals surface area contributed by atoms with E-state index in [2.05, 4.69) is 43.4 Å². The monoisotopic (exact) mass is 255 g/mol. The molecular weight excluding hydrogens is 237 g/mol. The van der Waals surface area contributed by atoms with Crippen molar-refractivity contribution in [2.24, 2.45) is 5.41 Å². The van der Waals surface area contributed by atoms with Crippen LogP contribution in [0.3, 0.4) is 0 Å². The van der Waals surface area contributed by atoms with Gasteiger partial charge in [-0.1, -0.05) is 49.8 Å². The molecule has 1 nitrogen and oxygen atoms in total. The molecule has 2 heteroatoms. The van der Waals surface area contributed by atoms with Crippen molar-refractivity contribution in [1.82, 2.24) is 6.15 Å². The molecule has 10 heavy (non-hydrogen) atoms. The van der Waals surface area contributed by atoms with Crippen LogP contribution in [0.5, 0.6) is 0 Å². The Morgan fingerprint density at radius 3 is 1.70 bits per heavy atom. The van der Waals surface area contributed by atoms with E-state index in [1.807, 2.05) is 0 Å². The maximum absolute atomic E-state index is 2.61. The zero-order valence-corrected chi connectivity index (χ0v) is 9.36. The second kappa shape index (κ2) is 2.97. The number of alkyl halides is 1. The minimum atomic E-state index is 0. The normalized spacial score (nSPS) is 37.2. The number of halogens is 1. The van der Waals surface area contributed by atoms with Crippen molar-refractivity contribution < 1.29 is 0 Å². The van der Waals surface area contributed by atoms with Crippen molar-refractivity contribution in [3.8, 4) is 0 Å². The van der Waals surface area contributed by atoms with Gasteiger partial charge in [0.1, 0.15) is 0 Å². The molecule has 1 aliphatic rings. The highest BCUT2D eigenvalue weighted by Crippen LogP contribution is 2.51. The van der Waals surface area contributed by atoms with E-state index in [1.54, 1.807) is 0 Å². The Balaban J connectivity index is 0.000000810. The summed E-state index contributed by atoms with van der Waals surface area (Å²) in [5.74, 6) is 0. The predicted molar refractivity (Wildman–Crippen MR) is 55.1 cm³/mol. The summed E-state index contributed by atoms with van der Waals surface area (Å²) in [5, 5.41) is 0. The molecule has 0 bridgehead atoms. The molecule has 1 saturated carbocycles. The fraction of sp³-hybridized carbons (Fsp3) is 1.00. The lowest BCUT2D eigenvalue weighted by atomic mass is 9.83. The summed E-state index contributed by atoms with van der Waals surface area (Å²) in [6.07, 6.45) is 4.24. The van der Waals surface area contributed by atoms with Crippen molar-refractivity contribution in [1.29, 1.82) is 0 Å². The molecule has 1 aliphatic carbocycles. The molecular formula is C8H18IN. The highest BCUT2D eigenvalue weighted by Gasteiger charge is 2.42. The van der Waals surface area contributed by atoms with E-state index < -0.39 is 0 Å². The Morgan fingerprint density at radius 1 is 1.10 bits per heavy atom. The van der Waals surface area contributed by atoms with Gasteiger partial charge in [0.25, 0.3) is 0 Å². The van der Waals surface area contributed by atoms with Crippen LogP contribution in [0, 0.1) is 5.41 Å². The quantitative estimate of drug-likeness (QED) is 0.521. The molecule has 1 fully saturated rings. The first kappa shape index (κ1) is 10.7. The number of hydrogen-bond acceptors (Lipinski definition) is 1.